The van der Waals surface area contributed by atoms with Gasteiger partial charge in [-0.2, -0.15) is 0 Å². The zero-order chi connectivity index (χ0) is 13.0. The smallest absolute Gasteiger partial charge is 0.310 e. The molecule has 0 aliphatic carbocycles. The summed E-state index contributed by atoms with van der Waals surface area (Å²) < 4.78 is 3.97. The van der Waals surface area contributed by atoms with E-state index in [2.05, 4.69) is 27.9 Å². The molecule has 7 heteroatoms. The van der Waals surface area contributed by atoms with E-state index in [-0.39, 0.29) is 10.5 Å². The number of esters is 2. The Bertz CT molecular complexity index is 205. The van der Waals surface area contributed by atoms with E-state index in [9.17, 15) is 19.2 Å². The first-order valence-corrected chi connectivity index (χ1v) is 4.36. The Balaban J connectivity index is -0.000000155. The Morgan fingerprint density at radius 2 is 0.867 bits per heavy atom. The van der Waals surface area contributed by atoms with E-state index in [0.29, 0.717) is 0 Å². The van der Waals surface area contributed by atoms with Gasteiger partial charge in [-0.3, -0.25) is 19.2 Å². The van der Waals surface area contributed by atoms with Gasteiger partial charge in [-0.05, 0) is 23.2 Å². The first-order valence-electron chi connectivity index (χ1n) is 3.60. The van der Waals surface area contributed by atoms with Crippen molar-refractivity contribution in [1.29, 1.82) is 0 Å². The summed E-state index contributed by atoms with van der Waals surface area (Å²) in [5.41, 5.74) is 0. The third-order valence-electron chi connectivity index (χ3n) is 0.287. The average Bonchev–Trinajstić information content (AvgIpc) is 1.78. The molecule has 0 aliphatic rings. The summed E-state index contributed by atoms with van der Waals surface area (Å²) in [6.45, 7) is 4.95. The highest BCUT2D eigenvalue weighted by molar-refractivity contribution is 6.63. The van der Waals surface area contributed by atoms with E-state index in [1.807, 2.05) is 0 Å². The number of carbonyl (C=O) groups is 4. The van der Waals surface area contributed by atoms with Crippen molar-refractivity contribution in [3.63, 3.8) is 0 Å². The van der Waals surface area contributed by atoms with Crippen LogP contribution in [0.5, 0.6) is 0 Å². The summed E-state index contributed by atoms with van der Waals surface area (Å²) in [5, 5.41) is -0.722. The highest BCUT2D eigenvalue weighted by Crippen LogP contribution is 1.73. The second kappa shape index (κ2) is 13.1. The quantitative estimate of drug-likeness (QED) is 0.375. The van der Waals surface area contributed by atoms with Gasteiger partial charge in [-0.25, -0.2) is 0 Å². The molecule has 5 nitrogen and oxygen atoms in total. The van der Waals surface area contributed by atoms with E-state index >= 15 is 0 Å². The minimum Gasteiger partial charge on any atom is -0.394 e. The second-order valence-corrected chi connectivity index (χ2v) is 3.09. The molecule has 0 saturated heterocycles. The van der Waals surface area contributed by atoms with Gasteiger partial charge < -0.3 is 4.74 Å². The van der Waals surface area contributed by atoms with Gasteiger partial charge in [0.15, 0.2) is 0 Å². The van der Waals surface area contributed by atoms with Gasteiger partial charge >= 0.3 is 11.9 Å². The summed E-state index contributed by atoms with van der Waals surface area (Å²) in [6.07, 6.45) is 0. The van der Waals surface area contributed by atoms with Crippen molar-refractivity contribution in [2.75, 3.05) is 0 Å². The fourth-order valence-corrected chi connectivity index (χ4v) is 0.202. The lowest BCUT2D eigenvalue weighted by Crippen LogP contribution is -2.03. The third kappa shape index (κ3) is 171. The summed E-state index contributed by atoms with van der Waals surface area (Å²) in [6, 6.07) is 0. The van der Waals surface area contributed by atoms with Crippen LogP contribution in [0.25, 0.3) is 0 Å². The molecule has 0 fully saturated rings. The molecule has 0 aliphatic heterocycles. The van der Waals surface area contributed by atoms with Crippen LogP contribution in [0.3, 0.4) is 0 Å². The molecule has 15 heavy (non-hydrogen) atoms. The van der Waals surface area contributed by atoms with Gasteiger partial charge in [0.2, 0.25) is 10.5 Å². The van der Waals surface area contributed by atoms with Crippen LogP contribution < -0.4 is 0 Å². The van der Waals surface area contributed by atoms with E-state index in [0.717, 1.165) is 0 Å². The van der Waals surface area contributed by atoms with E-state index < -0.39 is 11.9 Å². The van der Waals surface area contributed by atoms with Crippen LogP contribution >= 0.6 is 23.2 Å². The van der Waals surface area contributed by atoms with E-state index in [4.69, 9.17) is 0 Å². The normalized spacial score (nSPS) is 7.07. The van der Waals surface area contributed by atoms with Gasteiger partial charge in [0.1, 0.15) is 0 Å². The Morgan fingerprint density at radius 3 is 0.867 bits per heavy atom. The topological polar surface area (TPSA) is 77.5 Å². The molecule has 0 atom stereocenters. The zero-order valence-corrected chi connectivity index (χ0v) is 10.3. The Morgan fingerprint density at radius 1 is 0.733 bits per heavy atom. The highest BCUT2D eigenvalue weighted by atomic mass is 35.5. The first kappa shape index (κ1) is 19.6. The van der Waals surface area contributed by atoms with Crippen molar-refractivity contribution in [2.24, 2.45) is 0 Å². The third-order valence-corrected chi connectivity index (χ3v) is 0.287. The Hall–Kier alpha value is -0.940. The molecule has 88 valence electrons. The second-order valence-electron chi connectivity index (χ2n) is 2.03. The number of rotatable bonds is 0. The lowest BCUT2D eigenvalue weighted by molar-refractivity contribution is -0.156. The summed E-state index contributed by atoms with van der Waals surface area (Å²) in [5.74, 6) is -1.12. The van der Waals surface area contributed by atoms with Crippen molar-refractivity contribution in [1.82, 2.24) is 0 Å². The lowest BCUT2D eigenvalue weighted by Gasteiger charge is -1.87. The minimum absolute atomic E-state index is 0.361. The molecule has 0 aromatic heterocycles. The fraction of sp³-hybridized carbons (Fsp3) is 0.500. The Labute approximate surface area is 97.7 Å². The molecule has 0 unspecified atom stereocenters. The minimum atomic E-state index is -0.562. The van der Waals surface area contributed by atoms with Crippen LogP contribution in [0.15, 0.2) is 0 Å². The van der Waals surface area contributed by atoms with Crippen LogP contribution in [0.4, 0.5) is 0 Å². The van der Waals surface area contributed by atoms with Gasteiger partial charge in [-0.15, -0.1) is 0 Å². The molecule has 0 rings (SSSR count). The number of halogens is 2. The summed E-state index contributed by atoms with van der Waals surface area (Å²) >= 11 is 9.27. The van der Waals surface area contributed by atoms with Gasteiger partial charge in [0.25, 0.3) is 0 Å². The molecule has 0 spiro atoms. The molecule has 0 N–H and O–H groups in total. The van der Waals surface area contributed by atoms with Crippen molar-refractivity contribution in [3.8, 4) is 0 Å². The highest BCUT2D eigenvalue weighted by Gasteiger charge is 1.93. The van der Waals surface area contributed by atoms with Crippen LogP contribution in [0.2, 0.25) is 0 Å². The van der Waals surface area contributed by atoms with Gasteiger partial charge in [0, 0.05) is 27.7 Å². The predicted octanol–water partition coefficient (Wildman–Crippen LogP) is 1.64. The van der Waals surface area contributed by atoms with Crippen molar-refractivity contribution >= 4 is 45.6 Å². The molecular weight excluding hydrogens is 247 g/mol. The lowest BCUT2D eigenvalue weighted by atomic mass is 10.7. The first-order chi connectivity index (χ1) is 6.59. The maximum atomic E-state index is 9.81. The molecule has 0 heterocycles. The number of ether oxygens (including phenoxy) is 1. The molecule has 0 aromatic carbocycles. The standard InChI is InChI=1S/C4H6O3.2C2H3ClO/c1-3(5)7-4(2)6;2*1-2(3)4/h1-2H3;2*1H3. The summed E-state index contributed by atoms with van der Waals surface area (Å²) in [7, 11) is 0. The molecular formula is C8H12Cl2O5. The van der Waals surface area contributed by atoms with Crippen molar-refractivity contribution in [2.45, 2.75) is 27.7 Å². The molecule has 0 bridgehead atoms. The van der Waals surface area contributed by atoms with Crippen LogP contribution in [-0.2, 0) is 23.9 Å². The van der Waals surface area contributed by atoms with Crippen LogP contribution in [0, 0.1) is 0 Å². The SMILES string of the molecule is CC(=O)Cl.CC(=O)Cl.CC(=O)OC(C)=O. The Kier molecular flexibility index (Phi) is 17.1. The average molecular weight is 259 g/mol. The molecule has 0 aromatic rings. The van der Waals surface area contributed by atoms with Gasteiger partial charge in [0.05, 0.1) is 0 Å². The van der Waals surface area contributed by atoms with Crippen LogP contribution in [-0.4, -0.2) is 22.4 Å². The number of carbonyl (C=O) groups excluding carboxylic acids is 4. The fourth-order valence-electron chi connectivity index (χ4n) is 0.202. The largest absolute Gasteiger partial charge is 0.394 e. The summed E-state index contributed by atoms with van der Waals surface area (Å²) in [4.78, 5) is 38.0. The van der Waals surface area contributed by atoms with Crippen molar-refractivity contribution < 1.29 is 23.9 Å². The predicted molar refractivity (Wildman–Crippen MR) is 55.5 cm³/mol. The van der Waals surface area contributed by atoms with Crippen molar-refractivity contribution in [3.05, 3.63) is 0 Å². The number of hydrogen-bond donors (Lipinski definition) is 0. The molecule has 0 amide bonds. The number of hydrogen-bond acceptors (Lipinski definition) is 5. The maximum absolute atomic E-state index is 9.81. The van der Waals surface area contributed by atoms with E-state index in [1.54, 1.807) is 0 Å². The molecule has 0 saturated carbocycles. The molecule has 0 radical (unpaired) electrons. The van der Waals surface area contributed by atoms with Crippen LogP contribution in [0.1, 0.15) is 27.7 Å². The maximum Gasteiger partial charge on any atom is 0.310 e. The van der Waals surface area contributed by atoms with E-state index in [1.165, 1.54) is 27.7 Å². The van der Waals surface area contributed by atoms with Gasteiger partial charge in [-0.1, -0.05) is 0 Å². The zero-order valence-electron chi connectivity index (χ0n) is 8.80. The monoisotopic (exact) mass is 258 g/mol.